The minimum atomic E-state index is -0.549. The zero-order valence-corrected chi connectivity index (χ0v) is 15.0. The molecule has 9 nitrogen and oxygen atoms in total. The largest absolute Gasteiger partial charge is 0.324 e. The van der Waals surface area contributed by atoms with E-state index in [4.69, 9.17) is 0 Å². The predicted octanol–water partition coefficient (Wildman–Crippen LogP) is 1.74. The Bertz CT molecular complexity index is 998. The van der Waals surface area contributed by atoms with E-state index in [2.05, 4.69) is 30.9 Å². The maximum atomic E-state index is 12.9. The lowest BCUT2D eigenvalue weighted by Crippen LogP contribution is -2.28. The Labute approximate surface area is 161 Å². The molecule has 1 unspecified atom stereocenters. The second kappa shape index (κ2) is 8.21. The van der Waals surface area contributed by atoms with Crippen LogP contribution < -0.4 is 5.32 Å². The molecule has 1 atom stereocenters. The number of rotatable bonds is 7. The number of hydrogen-bond donors (Lipinski definition) is 1. The molecule has 2 aromatic carbocycles. The van der Waals surface area contributed by atoms with Crippen LogP contribution in [0.15, 0.2) is 73.6 Å². The van der Waals surface area contributed by atoms with Gasteiger partial charge in [0.1, 0.15) is 25.0 Å². The second-order valence-corrected chi connectivity index (χ2v) is 6.27. The molecule has 0 aliphatic heterocycles. The Morgan fingerprint density at radius 2 is 1.82 bits per heavy atom. The monoisotopic (exact) mass is 374 g/mol. The van der Waals surface area contributed by atoms with Gasteiger partial charge in [-0.2, -0.15) is 5.10 Å². The normalized spacial score (nSPS) is 11.9. The van der Waals surface area contributed by atoms with E-state index < -0.39 is 6.04 Å². The fourth-order valence-electron chi connectivity index (χ4n) is 2.88. The summed E-state index contributed by atoms with van der Waals surface area (Å²) in [6.07, 6.45) is 5.10. The molecule has 0 radical (unpaired) electrons. The third-order valence-electron chi connectivity index (χ3n) is 4.29. The molecule has 0 saturated heterocycles. The number of aromatic nitrogens is 7. The first-order valence-corrected chi connectivity index (χ1v) is 8.76. The van der Waals surface area contributed by atoms with Gasteiger partial charge < -0.3 is 5.32 Å². The summed E-state index contributed by atoms with van der Waals surface area (Å²) in [4.78, 5) is 16.8. The molecule has 0 saturated carbocycles. The minimum Gasteiger partial charge on any atom is -0.324 e. The molecule has 0 spiro atoms. The number of carbonyl (C=O) groups excluding carboxylic acids is 1. The Balaban J connectivity index is 1.46. The van der Waals surface area contributed by atoms with Crippen molar-refractivity contribution in [2.75, 3.05) is 5.32 Å². The highest BCUT2D eigenvalue weighted by Gasteiger charge is 2.22. The van der Waals surface area contributed by atoms with Crippen molar-refractivity contribution in [1.29, 1.82) is 0 Å². The number of anilines is 1. The maximum absolute atomic E-state index is 12.9. The van der Waals surface area contributed by atoms with Crippen LogP contribution in [0.4, 0.5) is 5.69 Å². The van der Waals surface area contributed by atoms with Crippen LogP contribution in [0.2, 0.25) is 0 Å². The van der Waals surface area contributed by atoms with Gasteiger partial charge in [-0.1, -0.05) is 42.5 Å². The lowest BCUT2D eigenvalue weighted by molar-refractivity contribution is -0.119. The molecule has 2 aromatic heterocycles. The summed E-state index contributed by atoms with van der Waals surface area (Å²) in [7, 11) is 0. The van der Waals surface area contributed by atoms with Crippen LogP contribution in [0.25, 0.3) is 0 Å². The first-order chi connectivity index (χ1) is 13.8. The molecule has 9 heteroatoms. The Hall–Kier alpha value is -3.88. The fourth-order valence-corrected chi connectivity index (χ4v) is 2.88. The van der Waals surface area contributed by atoms with Crippen molar-refractivity contribution in [3.63, 3.8) is 0 Å². The SMILES string of the molecule is O=C(Nc1ccc(Cn2cncn2)cc1)C(Cc1ccccc1)n1cnnn1. The van der Waals surface area contributed by atoms with Crippen molar-refractivity contribution in [3.8, 4) is 0 Å². The van der Waals surface area contributed by atoms with E-state index in [0.29, 0.717) is 18.7 Å². The van der Waals surface area contributed by atoms with E-state index in [9.17, 15) is 4.79 Å². The summed E-state index contributed by atoms with van der Waals surface area (Å²) in [5.74, 6) is -0.180. The van der Waals surface area contributed by atoms with E-state index in [1.165, 1.54) is 17.3 Å². The molecule has 140 valence electrons. The van der Waals surface area contributed by atoms with Crippen molar-refractivity contribution in [1.82, 2.24) is 35.0 Å². The van der Waals surface area contributed by atoms with Gasteiger partial charge in [0, 0.05) is 12.1 Å². The van der Waals surface area contributed by atoms with Crippen molar-refractivity contribution >= 4 is 11.6 Å². The van der Waals surface area contributed by atoms with Crippen LogP contribution in [0.1, 0.15) is 17.2 Å². The van der Waals surface area contributed by atoms with Crippen molar-refractivity contribution < 1.29 is 4.79 Å². The smallest absolute Gasteiger partial charge is 0.249 e. The van der Waals surface area contributed by atoms with E-state index >= 15 is 0 Å². The Morgan fingerprint density at radius 1 is 1.00 bits per heavy atom. The quantitative estimate of drug-likeness (QED) is 0.528. The molecule has 4 rings (SSSR count). The molecule has 0 aliphatic rings. The van der Waals surface area contributed by atoms with E-state index in [0.717, 1.165) is 11.1 Å². The van der Waals surface area contributed by atoms with Gasteiger partial charge in [-0.3, -0.25) is 4.79 Å². The van der Waals surface area contributed by atoms with Gasteiger partial charge in [0.15, 0.2) is 0 Å². The number of hydrogen-bond acceptors (Lipinski definition) is 6. The average Bonchev–Trinajstić information content (AvgIpc) is 3.43. The molecule has 0 aliphatic carbocycles. The highest BCUT2D eigenvalue weighted by atomic mass is 16.2. The molecular weight excluding hydrogens is 356 g/mol. The van der Waals surface area contributed by atoms with Gasteiger partial charge in [0.25, 0.3) is 0 Å². The van der Waals surface area contributed by atoms with Crippen LogP contribution in [-0.2, 0) is 17.8 Å². The number of carbonyl (C=O) groups is 1. The highest BCUT2D eigenvalue weighted by Crippen LogP contribution is 2.17. The zero-order chi connectivity index (χ0) is 19.2. The Kier molecular flexibility index (Phi) is 5.14. The summed E-state index contributed by atoms with van der Waals surface area (Å²) >= 11 is 0. The molecule has 1 N–H and O–H groups in total. The first-order valence-electron chi connectivity index (χ1n) is 8.76. The molecule has 1 amide bonds. The molecule has 2 heterocycles. The summed E-state index contributed by atoms with van der Waals surface area (Å²) in [5.41, 5.74) is 2.80. The van der Waals surface area contributed by atoms with Gasteiger partial charge >= 0.3 is 0 Å². The van der Waals surface area contributed by atoms with Crippen LogP contribution in [0.5, 0.6) is 0 Å². The summed E-state index contributed by atoms with van der Waals surface area (Å²) in [6, 6.07) is 16.8. The summed E-state index contributed by atoms with van der Waals surface area (Å²) in [6.45, 7) is 0.621. The van der Waals surface area contributed by atoms with Gasteiger partial charge in [0.05, 0.1) is 6.54 Å². The zero-order valence-electron chi connectivity index (χ0n) is 15.0. The third kappa shape index (κ3) is 4.26. The topological polar surface area (TPSA) is 103 Å². The molecule has 0 fully saturated rings. The van der Waals surface area contributed by atoms with Gasteiger partial charge in [-0.05, 0) is 33.7 Å². The highest BCUT2D eigenvalue weighted by molar-refractivity contribution is 5.93. The van der Waals surface area contributed by atoms with Gasteiger partial charge in [-0.25, -0.2) is 14.3 Å². The third-order valence-corrected chi connectivity index (χ3v) is 4.29. The fraction of sp³-hybridized carbons (Fsp3) is 0.158. The van der Waals surface area contributed by atoms with Gasteiger partial charge in [0.2, 0.25) is 5.91 Å². The van der Waals surface area contributed by atoms with Crippen LogP contribution >= 0.6 is 0 Å². The molecule has 0 bridgehead atoms. The summed E-state index contributed by atoms with van der Waals surface area (Å²) < 4.78 is 3.21. The number of nitrogens with one attached hydrogen (secondary N) is 1. The summed E-state index contributed by atoms with van der Waals surface area (Å²) in [5, 5.41) is 18.3. The lowest BCUT2D eigenvalue weighted by Gasteiger charge is -2.16. The Morgan fingerprint density at radius 3 is 2.50 bits per heavy atom. The second-order valence-electron chi connectivity index (χ2n) is 6.27. The van der Waals surface area contributed by atoms with Crippen LogP contribution in [0.3, 0.4) is 0 Å². The lowest BCUT2D eigenvalue weighted by atomic mass is 10.1. The average molecular weight is 374 g/mol. The van der Waals surface area contributed by atoms with Crippen molar-refractivity contribution in [2.24, 2.45) is 0 Å². The standard InChI is InChI=1S/C19H18N8O/c28-19(18(27-14-21-24-25-27)10-15-4-2-1-3-5-15)23-17-8-6-16(7-9-17)11-26-13-20-12-22-26/h1-9,12-14,18H,10-11H2,(H,23,28). The van der Waals surface area contributed by atoms with Crippen molar-refractivity contribution in [2.45, 2.75) is 19.0 Å². The number of tetrazole rings is 1. The van der Waals surface area contributed by atoms with E-state index in [-0.39, 0.29) is 5.91 Å². The van der Waals surface area contributed by atoms with Crippen LogP contribution in [0, 0.1) is 0 Å². The number of nitrogens with zero attached hydrogens (tertiary/aromatic N) is 7. The van der Waals surface area contributed by atoms with Crippen LogP contribution in [-0.4, -0.2) is 40.9 Å². The first kappa shape index (κ1) is 17.5. The molecular formula is C19H18N8O. The van der Waals surface area contributed by atoms with Gasteiger partial charge in [-0.15, -0.1) is 5.10 Å². The number of benzene rings is 2. The maximum Gasteiger partial charge on any atom is 0.249 e. The van der Waals surface area contributed by atoms with Crippen molar-refractivity contribution in [3.05, 3.63) is 84.7 Å². The molecule has 4 aromatic rings. The predicted molar refractivity (Wildman–Crippen MR) is 101 cm³/mol. The van der Waals surface area contributed by atoms with E-state index in [1.54, 1.807) is 11.0 Å². The molecule has 28 heavy (non-hydrogen) atoms. The minimum absolute atomic E-state index is 0.180. The number of amides is 1. The van der Waals surface area contributed by atoms with E-state index in [1.807, 2.05) is 54.6 Å².